The summed E-state index contributed by atoms with van der Waals surface area (Å²) < 4.78 is 15.1. The lowest BCUT2D eigenvalue weighted by Crippen LogP contribution is -2.37. The predicted molar refractivity (Wildman–Crippen MR) is 133 cm³/mol. The highest BCUT2D eigenvalue weighted by atomic mass is 19.1. The molecule has 0 aliphatic carbocycles. The van der Waals surface area contributed by atoms with Crippen LogP contribution in [0.2, 0.25) is 0 Å². The molecule has 3 heterocycles. The lowest BCUT2D eigenvalue weighted by Gasteiger charge is -2.31. The van der Waals surface area contributed by atoms with Crippen molar-refractivity contribution in [3.05, 3.63) is 59.2 Å². The summed E-state index contributed by atoms with van der Waals surface area (Å²) in [6.07, 6.45) is 6.95. The van der Waals surface area contributed by atoms with E-state index in [1.807, 2.05) is 21.7 Å². The van der Waals surface area contributed by atoms with Crippen molar-refractivity contribution >= 4 is 17.4 Å². The Morgan fingerprint density at radius 3 is 2.46 bits per heavy atom. The van der Waals surface area contributed by atoms with Crippen molar-refractivity contribution in [3.63, 3.8) is 0 Å². The largest absolute Gasteiger partial charge is 0.411 e. The van der Waals surface area contributed by atoms with E-state index in [4.69, 9.17) is 0 Å². The van der Waals surface area contributed by atoms with Crippen molar-refractivity contribution in [3.8, 4) is 0 Å². The Morgan fingerprint density at radius 1 is 1.06 bits per heavy atom. The molecule has 1 fully saturated rings. The summed E-state index contributed by atoms with van der Waals surface area (Å²) in [7, 11) is 0. The fraction of sp³-hybridized carbons (Fsp3) is 0.519. The van der Waals surface area contributed by atoms with Crippen LogP contribution in [0.4, 0.5) is 4.39 Å². The van der Waals surface area contributed by atoms with Crippen molar-refractivity contribution < 1.29 is 19.2 Å². The van der Waals surface area contributed by atoms with Gasteiger partial charge in [-0.2, -0.15) is 0 Å². The van der Waals surface area contributed by atoms with Crippen LogP contribution in [-0.4, -0.2) is 69.7 Å². The number of fused-ring (bicyclic) bond motifs is 1. The van der Waals surface area contributed by atoms with Gasteiger partial charge < -0.3 is 19.6 Å². The molecule has 2 aliphatic heterocycles. The van der Waals surface area contributed by atoms with Gasteiger partial charge in [0.25, 0.3) is 5.91 Å². The van der Waals surface area contributed by atoms with Crippen LogP contribution in [0.1, 0.15) is 71.9 Å². The minimum absolute atomic E-state index is 0.00602. The number of likely N-dealkylation sites (tertiary alicyclic amines) is 1. The van der Waals surface area contributed by atoms with Crippen molar-refractivity contribution in [2.75, 3.05) is 32.7 Å². The number of carbonyl (C=O) groups is 2. The van der Waals surface area contributed by atoms with E-state index in [2.05, 4.69) is 17.0 Å². The number of oxime groups is 1. The van der Waals surface area contributed by atoms with E-state index in [-0.39, 0.29) is 23.4 Å². The molecule has 0 spiro atoms. The molecule has 2 aliphatic rings. The fourth-order valence-corrected chi connectivity index (χ4v) is 5.23. The predicted octanol–water partition coefficient (Wildman–Crippen LogP) is 4.44. The minimum Gasteiger partial charge on any atom is -0.411 e. The molecule has 1 aromatic carbocycles. The van der Waals surface area contributed by atoms with Crippen LogP contribution in [0.5, 0.6) is 0 Å². The van der Waals surface area contributed by atoms with Gasteiger partial charge in [-0.05, 0) is 82.1 Å². The van der Waals surface area contributed by atoms with Crippen LogP contribution in [0.3, 0.4) is 0 Å². The Bertz CT molecular complexity index is 1050. The number of ketones is 1. The first-order valence-corrected chi connectivity index (χ1v) is 12.7. The maximum Gasteiger partial charge on any atom is 0.271 e. The molecule has 0 saturated carbocycles. The van der Waals surface area contributed by atoms with E-state index < -0.39 is 0 Å². The van der Waals surface area contributed by atoms with E-state index in [1.54, 1.807) is 12.1 Å². The first-order valence-electron chi connectivity index (χ1n) is 12.7. The summed E-state index contributed by atoms with van der Waals surface area (Å²) in [5, 5.41) is 12.9. The molecular formula is C27H35FN4O3. The van der Waals surface area contributed by atoms with Crippen LogP contribution in [0.25, 0.3) is 0 Å². The summed E-state index contributed by atoms with van der Waals surface area (Å²) in [5.41, 5.74) is 2.54. The van der Waals surface area contributed by atoms with Gasteiger partial charge in [0.1, 0.15) is 11.5 Å². The number of unbranched alkanes of at least 4 members (excludes halogenated alkanes) is 1. The molecule has 0 atom stereocenters. The number of Topliss-reactive ketones (excluding diaryl/α,β-unsaturated/α-hetero) is 1. The van der Waals surface area contributed by atoms with E-state index in [0.717, 1.165) is 63.8 Å². The molecule has 1 saturated heterocycles. The van der Waals surface area contributed by atoms with Gasteiger partial charge in [0, 0.05) is 49.3 Å². The van der Waals surface area contributed by atoms with Gasteiger partial charge in [-0.25, -0.2) is 4.39 Å². The fourth-order valence-electron chi connectivity index (χ4n) is 5.23. The van der Waals surface area contributed by atoms with E-state index >= 15 is 0 Å². The third kappa shape index (κ3) is 5.81. The number of aromatic nitrogens is 1. The average molecular weight is 483 g/mol. The Balaban J connectivity index is 1.27. The SMILES string of the molecule is CCCN1CC/C(=N\O)c2ccn(CCCCN3CCC(C(=O)c4ccc(F)cc4)CC3)c2C1=O. The second-order valence-corrected chi connectivity index (χ2v) is 9.55. The van der Waals surface area contributed by atoms with Gasteiger partial charge in [0.05, 0.1) is 5.71 Å². The van der Waals surface area contributed by atoms with E-state index in [0.29, 0.717) is 36.5 Å². The molecule has 1 N–H and O–H groups in total. The number of halogens is 1. The molecule has 0 radical (unpaired) electrons. The van der Waals surface area contributed by atoms with Crippen molar-refractivity contribution in [1.29, 1.82) is 0 Å². The molecule has 0 unspecified atom stereocenters. The highest BCUT2D eigenvalue weighted by Gasteiger charge is 2.29. The number of aryl methyl sites for hydroxylation is 1. The summed E-state index contributed by atoms with van der Waals surface area (Å²) in [4.78, 5) is 30.1. The second-order valence-electron chi connectivity index (χ2n) is 9.55. The van der Waals surface area contributed by atoms with Gasteiger partial charge in [0.15, 0.2) is 5.78 Å². The Morgan fingerprint density at radius 2 is 1.77 bits per heavy atom. The van der Waals surface area contributed by atoms with Crippen LogP contribution in [0.15, 0.2) is 41.7 Å². The molecule has 8 heteroatoms. The number of hydrogen-bond acceptors (Lipinski definition) is 5. The minimum atomic E-state index is -0.322. The van der Waals surface area contributed by atoms with Crippen molar-refractivity contribution in [2.24, 2.45) is 11.1 Å². The standard InChI is InChI=1S/C27H35FN4O3/c1-2-13-32-19-12-24(29-35)23-11-18-31(25(23)27(32)34)15-4-3-14-30-16-9-21(10-17-30)26(33)20-5-7-22(28)8-6-20/h5-8,11,18,21,35H,2-4,9-10,12-17,19H2,1H3/b29-24+. The zero-order valence-corrected chi connectivity index (χ0v) is 20.5. The maximum atomic E-state index is 13.2. The first kappa shape index (κ1) is 25.1. The number of benzene rings is 1. The maximum absolute atomic E-state index is 13.2. The second kappa shape index (κ2) is 11.6. The third-order valence-corrected chi connectivity index (χ3v) is 7.21. The van der Waals surface area contributed by atoms with Crippen LogP contribution in [0, 0.1) is 11.7 Å². The highest BCUT2D eigenvalue weighted by Crippen LogP contribution is 2.24. The molecule has 2 aromatic rings. The first-order chi connectivity index (χ1) is 17.0. The smallest absolute Gasteiger partial charge is 0.271 e. The van der Waals surface area contributed by atoms with Gasteiger partial charge in [-0.15, -0.1) is 0 Å². The van der Waals surface area contributed by atoms with Crippen molar-refractivity contribution in [2.45, 2.75) is 52.0 Å². The van der Waals surface area contributed by atoms with Gasteiger partial charge in [-0.1, -0.05) is 12.1 Å². The molecule has 7 nitrogen and oxygen atoms in total. The Kier molecular flexibility index (Phi) is 8.33. The molecule has 1 aromatic heterocycles. The topological polar surface area (TPSA) is 78.1 Å². The number of piperidine rings is 1. The van der Waals surface area contributed by atoms with Gasteiger partial charge >= 0.3 is 0 Å². The monoisotopic (exact) mass is 482 g/mol. The lowest BCUT2D eigenvalue weighted by molar-refractivity contribution is 0.0751. The lowest BCUT2D eigenvalue weighted by atomic mass is 9.89. The van der Waals surface area contributed by atoms with Crippen molar-refractivity contribution in [1.82, 2.24) is 14.4 Å². The molecule has 0 bridgehead atoms. The molecular weight excluding hydrogens is 447 g/mol. The summed E-state index contributed by atoms with van der Waals surface area (Å²) in [6.45, 7) is 6.79. The van der Waals surface area contributed by atoms with Gasteiger partial charge in [0.2, 0.25) is 0 Å². The van der Waals surface area contributed by atoms with Crippen LogP contribution < -0.4 is 0 Å². The zero-order chi connectivity index (χ0) is 24.8. The number of amides is 1. The molecule has 1 amide bonds. The van der Waals surface area contributed by atoms with E-state index in [1.165, 1.54) is 12.1 Å². The molecule has 188 valence electrons. The number of carbonyl (C=O) groups excluding carboxylic acids is 2. The molecule has 35 heavy (non-hydrogen) atoms. The number of nitrogens with zero attached hydrogens (tertiary/aromatic N) is 4. The average Bonchev–Trinajstić information content (AvgIpc) is 3.24. The third-order valence-electron chi connectivity index (χ3n) is 7.21. The summed E-state index contributed by atoms with van der Waals surface area (Å²) in [6, 6.07) is 7.73. The van der Waals surface area contributed by atoms with Crippen LogP contribution in [-0.2, 0) is 6.54 Å². The van der Waals surface area contributed by atoms with Gasteiger partial charge in [-0.3, -0.25) is 9.59 Å². The normalized spacial score (nSPS) is 18.6. The Hall–Kier alpha value is -3.00. The zero-order valence-electron chi connectivity index (χ0n) is 20.5. The number of rotatable bonds is 9. The van der Waals surface area contributed by atoms with E-state index in [9.17, 15) is 19.2 Å². The number of hydrogen-bond donors (Lipinski definition) is 1. The molecule has 4 rings (SSSR count). The summed E-state index contributed by atoms with van der Waals surface area (Å²) >= 11 is 0. The summed E-state index contributed by atoms with van der Waals surface area (Å²) in [5.74, 6) is -0.188. The Labute approximate surface area is 206 Å². The van der Waals surface area contributed by atoms with Crippen LogP contribution >= 0.6 is 0 Å². The highest BCUT2D eigenvalue weighted by molar-refractivity contribution is 6.11. The quantitative estimate of drug-likeness (QED) is 0.248.